The molecule has 19 heavy (non-hydrogen) atoms. The van der Waals surface area contributed by atoms with Gasteiger partial charge in [0.15, 0.2) is 0 Å². The van der Waals surface area contributed by atoms with Crippen molar-refractivity contribution < 1.29 is 4.39 Å². The van der Waals surface area contributed by atoms with Gasteiger partial charge in [-0.15, -0.1) is 0 Å². The van der Waals surface area contributed by atoms with Gasteiger partial charge in [-0.25, -0.2) is 4.39 Å². The zero-order valence-electron chi connectivity index (χ0n) is 10.7. The van der Waals surface area contributed by atoms with E-state index in [1.807, 2.05) is 25.1 Å². The van der Waals surface area contributed by atoms with Gasteiger partial charge in [-0.3, -0.25) is 4.98 Å². The molecule has 0 fully saturated rings. The van der Waals surface area contributed by atoms with Gasteiger partial charge in [0.2, 0.25) is 0 Å². The maximum absolute atomic E-state index is 14.0. The Morgan fingerprint density at radius 3 is 2.74 bits per heavy atom. The first kappa shape index (κ1) is 14.0. The number of pyridine rings is 1. The van der Waals surface area contributed by atoms with Crippen molar-refractivity contribution in [2.45, 2.75) is 19.4 Å². The van der Waals surface area contributed by atoms with E-state index in [0.717, 1.165) is 12.2 Å². The molecule has 1 aromatic carbocycles. The zero-order valence-corrected chi connectivity index (χ0v) is 11.5. The summed E-state index contributed by atoms with van der Waals surface area (Å²) in [5.41, 5.74) is 1.42. The zero-order chi connectivity index (χ0) is 13.7. The first-order chi connectivity index (χ1) is 9.22. The van der Waals surface area contributed by atoms with Gasteiger partial charge in [0.05, 0.1) is 0 Å². The molecule has 2 nitrogen and oxygen atoms in total. The van der Waals surface area contributed by atoms with Crippen molar-refractivity contribution in [3.63, 3.8) is 0 Å². The van der Waals surface area contributed by atoms with Crippen molar-refractivity contribution in [1.82, 2.24) is 10.3 Å². The molecular formula is C15H16ClFN2. The van der Waals surface area contributed by atoms with Crippen LogP contribution in [0.15, 0.2) is 42.6 Å². The standard InChI is InChI=1S/C15H16ClFN2/c1-2-18-14(10-11-6-3-4-9-19-11)15-12(16)7-5-8-13(15)17/h3-9,14,18H,2,10H2,1H3. The summed E-state index contributed by atoms with van der Waals surface area (Å²) in [5.74, 6) is -0.283. The molecular weight excluding hydrogens is 263 g/mol. The molecule has 0 aliphatic rings. The topological polar surface area (TPSA) is 24.9 Å². The minimum absolute atomic E-state index is 0.173. The quantitative estimate of drug-likeness (QED) is 0.901. The van der Waals surface area contributed by atoms with E-state index in [0.29, 0.717) is 17.0 Å². The van der Waals surface area contributed by atoms with Gasteiger partial charge in [-0.1, -0.05) is 30.7 Å². The molecule has 0 saturated carbocycles. The molecule has 1 N–H and O–H groups in total. The SMILES string of the molecule is CCNC(Cc1ccccn1)c1c(F)cccc1Cl. The van der Waals surface area contributed by atoms with Crippen LogP contribution in [0.2, 0.25) is 5.02 Å². The van der Waals surface area contributed by atoms with Crippen LogP contribution in [-0.2, 0) is 6.42 Å². The third-order valence-corrected chi connectivity index (χ3v) is 3.27. The van der Waals surface area contributed by atoms with E-state index in [1.54, 1.807) is 18.3 Å². The number of hydrogen-bond donors (Lipinski definition) is 1. The Bertz CT molecular complexity index is 511. The summed E-state index contributed by atoms with van der Waals surface area (Å²) >= 11 is 6.13. The average Bonchev–Trinajstić information content (AvgIpc) is 2.40. The molecule has 2 rings (SSSR count). The van der Waals surface area contributed by atoms with Crippen LogP contribution in [0.5, 0.6) is 0 Å². The number of likely N-dealkylation sites (N-methyl/N-ethyl adjacent to an activating group) is 1. The maximum Gasteiger partial charge on any atom is 0.129 e. The molecule has 0 amide bonds. The van der Waals surface area contributed by atoms with Gasteiger partial charge in [0.1, 0.15) is 5.82 Å². The van der Waals surface area contributed by atoms with E-state index in [-0.39, 0.29) is 11.9 Å². The van der Waals surface area contributed by atoms with Gasteiger partial charge in [-0.2, -0.15) is 0 Å². The fourth-order valence-corrected chi connectivity index (χ4v) is 2.39. The summed E-state index contributed by atoms with van der Waals surface area (Å²) in [7, 11) is 0. The highest BCUT2D eigenvalue weighted by Crippen LogP contribution is 2.27. The van der Waals surface area contributed by atoms with Crippen LogP contribution in [0.1, 0.15) is 24.2 Å². The molecule has 1 atom stereocenters. The minimum atomic E-state index is -0.283. The monoisotopic (exact) mass is 278 g/mol. The van der Waals surface area contributed by atoms with E-state index in [2.05, 4.69) is 10.3 Å². The number of aromatic nitrogens is 1. The molecule has 0 aliphatic carbocycles. The van der Waals surface area contributed by atoms with Crippen molar-refractivity contribution in [2.24, 2.45) is 0 Å². The summed E-state index contributed by atoms with van der Waals surface area (Å²) in [6, 6.07) is 10.3. The number of nitrogens with one attached hydrogen (secondary N) is 1. The van der Waals surface area contributed by atoms with Crippen molar-refractivity contribution >= 4 is 11.6 Å². The summed E-state index contributed by atoms with van der Waals surface area (Å²) in [5, 5.41) is 3.71. The second kappa shape index (κ2) is 6.64. The minimum Gasteiger partial charge on any atom is -0.310 e. The van der Waals surface area contributed by atoms with Crippen LogP contribution < -0.4 is 5.32 Å². The van der Waals surface area contributed by atoms with E-state index < -0.39 is 0 Å². The van der Waals surface area contributed by atoms with Crippen molar-refractivity contribution in [1.29, 1.82) is 0 Å². The molecule has 0 spiro atoms. The second-order valence-electron chi connectivity index (χ2n) is 4.27. The van der Waals surface area contributed by atoms with Crippen LogP contribution in [0.4, 0.5) is 4.39 Å². The Morgan fingerprint density at radius 2 is 2.11 bits per heavy atom. The summed E-state index contributed by atoms with van der Waals surface area (Å²) in [6.07, 6.45) is 2.34. The predicted molar refractivity (Wildman–Crippen MR) is 75.8 cm³/mol. The lowest BCUT2D eigenvalue weighted by Crippen LogP contribution is -2.24. The Balaban J connectivity index is 2.30. The second-order valence-corrected chi connectivity index (χ2v) is 4.68. The van der Waals surface area contributed by atoms with Crippen LogP contribution >= 0.6 is 11.6 Å². The van der Waals surface area contributed by atoms with Gasteiger partial charge in [0.25, 0.3) is 0 Å². The Kier molecular flexibility index (Phi) is 4.88. The van der Waals surface area contributed by atoms with Crippen LogP contribution in [0.3, 0.4) is 0 Å². The fourth-order valence-electron chi connectivity index (χ4n) is 2.09. The molecule has 100 valence electrons. The Morgan fingerprint density at radius 1 is 1.26 bits per heavy atom. The summed E-state index contributed by atoms with van der Waals surface area (Å²) < 4.78 is 14.0. The lowest BCUT2D eigenvalue weighted by Gasteiger charge is -2.20. The highest BCUT2D eigenvalue weighted by Gasteiger charge is 2.18. The van der Waals surface area contributed by atoms with E-state index >= 15 is 0 Å². The highest BCUT2D eigenvalue weighted by atomic mass is 35.5. The molecule has 1 heterocycles. The molecule has 2 aromatic rings. The first-order valence-corrected chi connectivity index (χ1v) is 6.67. The predicted octanol–water partition coefficient (Wildman–Crippen LogP) is 3.77. The number of benzene rings is 1. The summed E-state index contributed by atoms with van der Waals surface area (Å²) in [4.78, 5) is 4.28. The molecule has 0 saturated heterocycles. The summed E-state index contributed by atoms with van der Waals surface area (Å²) in [6.45, 7) is 2.72. The van der Waals surface area contributed by atoms with Crippen molar-refractivity contribution in [3.8, 4) is 0 Å². The first-order valence-electron chi connectivity index (χ1n) is 6.29. The van der Waals surface area contributed by atoms with Gasteiger partial charge >= 0.3 is 0 Å². The lowest BCUT2D eigenvalue weighted by molar-refractivity contribution is 0.506. The third-order valence-electron chi connectivity index (χ3n) is 2.94. The highest BCUT2D eigenvalue weighted by molar-refractivity contribution is 6.31. The van der Waals surface area contributed by atoms with Gasteiger partial charge in [0, 0.05) is 34.9 Å². The molecule has 0 aliphatic heterocycles. The normalized spacial score (nSPS) is 12.4. The van der Waals surface area contributed by atoms with Crippen LogP contribution in [0, 0.1) is 5.82 Å². The fraction of sp³-hybridized carbons (Fsp3) is 0.267. The average molecular weight is 279 g/mol. The van der Waals surface area contributed by atoms with E-state index in [1.165, 1.54) is 6.07 Å². The number of rotatable bonds is 5. The smallest absolute Gasteiger partial charge is 0.129 e. The molecule has 1 unspecified atom stereocenters. The van der Waals surface area contributed by atoms with Gasteiger partial charge < -0.3 is 5.32 Å². The van der Waals surface area contributed by atoms with Crippen molar-refractivity contribution in [2.75, 3.05) is 6.54 Å². The van der Waals surface area contributed by atoms with Crippen LogP contribution in [-0.4, -0.2) is 11.5 Å². The maximum atomic E-state index is 14.0. The lowest BCUT2D eigenvalue weighted by atomic mass is 10.0. The Labute approximate surface area is 117 Å². The number of hydrogen-bond acceptors (Lipinski definition) is 2. The van der Waals surface area contributed by atoms with E-state index in [9.17, 15) is 4.39 Å². The van der Waals surface area contributed by atoms with Gasteiger partial charge in [-0.05, 0) is 30.8 Å². The number of halogens is 2. The molecule has 4 heteroatoms. The number of nitrogens with zero attached hydrogens (tertiary/aromatic N) is 1. The molecule has 0 radical (unpaired) electrons. The molecule has 0 bridgehead atoms. The third kappa shape index (κ3) is 3.52. The van der Waals surface area contributed by atoms with Crippen molar-refractivity contribution in [3.05, 3.63) is 64.7 Å². The molecule has 1 aromatic heterocycles. The van der Waals surface area contributed by atoms with Crippen LogP contribution in [0.25, 0.3) is 0 Å². The largest absolute Gasteiger partial charge is 0.310 e. The Hall–Kier alpha value is -1.45. The van der Waals surface area contributed by atoms with E-state index in [4.69, 9.17) is 11.6 Å².